The van der Waals surface area contributed by atoms with E-state index in [0.29, 0.717) is 11.8 Å². The second-order valence-corrected chi connectivity index (χ2v) is 20.6. The van der Waals surface area contributed by atoms with Crippen molar-refractivity contribution in [3.8, 4) is 50.2 Å². The minimum atomic E-state index is -0.309. The lowest BCUT2D eigenvalue weighted by atomic mass is 9.61. The molecule has 358 valence electrons. The average molecular weight is 961 g/mol. The quantitative estimate of drug-likeness (QED) is 0.124. The van der Waals surface area contributed by atoms with Gasteiger partial charge in [0.1, 0.15) is 0 Å². The molecule has 3 aliphatic rings. The van der Waals surface area contributed by atoms with Crippen LogP contribution in [-0.4, -0.2) is 4.57 Å². The molecule has 11 aromatic rings. The third-order valence-corrected chi connectivity index (χ3v) is 16.5. The summed E-state index contributed by atoms with van der Waals surface area (Å²) in [5.74, 6) is 0.770. The molecule has 0 N–H and O–H groups in total. The second kappa shape index (κ2) is 18.8. The molecule has 0 amide bonds. The summed E-state index contributed by atoms with van der Waals surface area (Å²) in [5.41, 5.74) is 21.9. The van der Waals surface area contributed by atoms with E-state index in [2.05, 4.69) is 289 Å². The first-order chi connectivity index (χ1) is 37.2. The van der Waals surface area contributed by atoms with Crippen LogP contribution in [0.15, 0.2) is 285 Å². The van der Waals surface area contributed by atoms with E-state index < -0.39 is 0 Å². The first-order valence-electron chi connectivity index (χ1n) is 26.8. The number of rotatable bonds is 10. The molecule has 0 radical (unpaired) electrons. The molecule has 75 heavy (non-hydrogen) atoms. The van der Waals surface area contributed by atoms with Crippen LogP contribution in [0.4, 0.5) is 17.1 Å². The van der Waals surface area contributed by atoms with Crippen molar-refractivity contribution in [2.75, 3.05) is 4.90 Å². The van der Waals surface area contributed by atoms with E-state index in [9.17, 15) is 0 Å². The molecule has 3 atom stereocenters. The predicted octanol–water partition coefficient (Wildman–Crippen LogP) is 19.5. The Morgan fingerprint density at radius 1 is 0.400 bits per heavy atom. The van der Waals surface area contributed by atoms with Crippen LogP contribution in [0.2, 0.25) is 0 Å². The second-order valence-electron chi connectivity index (χ2n) is 20.6. The van der Waals surface area contributed by atoms with Crippen molar-refractivity contribution in [1.29, 1.82) is 0 Å². The Hall–Kier alpha value is -8.98. The van der Waals surface area contributed by atoms with Crippen LogP contribution in [0.3, 0.4) is 0 Å². The van der Waals surface area contributed by atoms with Crippen LogP contribution in [0.5, 0.6) is 0 Å². The summed E-state index contributed by atoms with van der Waals surface area (Å²) < 4.78 is 2.46. The Balaban J connectivity index is 0.926. The molecule has 0 aliphatic heterocycles. The molecule has 0 fully saturated rings. The molecule has 3 aliphatic carbocycles. The van der Waals surface area contributed by atoms with E-state index in [4.69, 9.17) is 0 Å². The fourth-order valence-corrected chi connectivity index (χ4v) is 13.1. The first-order valence-corrected chi connectivity index (χ1v) is 26.8. The molecule has 14 rings (SSSR count). The van der Waals surface area contributed by atoms with Gasteiger partial charge in [0, 0.05) is 39.4 Å². The number of benzene rings is 10. The highest BCUT2D eigenvalue weighted by Gasteiger charge is 2.54. The fourth-order valence-electron chi connectivity index (χ4n) is 13.1. The highest BCUT2D eigenvalue weighted by molar-refractivity contribution is 6.10. The van der Waals surface area contributed by atoms with E-state index in [1.54, 1.807) is 0 Å². The predicted molar refractivity (Wildman–Crippen MR) is 315 cm³/mol. The number of anilines is 3. The van der Waals surface area contributed by atoms with Gasteiger partial charge in [-0.25, -0.2) is 0 Å². The van der Waals surface area contributed by atoms with E-state index >= 15 is 0 Å². The third-order valence-electron chi connectivity index (χ3n) is 16.5. The molecule has 2 heteroatoms. The van der Waals surface area contributed by atoms with Crippen LogP contribution in [0, 0.1) is 5.92 Å². The minimum absolute atomic E-state index is 0.309. The highest BCUT2D eigenvalue weighted by Crippen LogP contribution is 2.62. The van der Waals surface area contributed by atoms with Crippen LogP contribution in [0.1, 0.15) is 48.3 Å². The standard InChI is InChI=1S/C73H56N2/c1-6-21-51(22-7-1)54-37-40-61(41-38-54)74(63-42-43-66-65-33-16-18-35-69(65)73(70(66)50-63,59-28-12-4-13-29-59)60-30-14-5-15-31-60)62-32-20-27-55(46-62)56-39-44-72-68(49-56)67-34-17-19-36-71(67)75(72)64-47-57(52-23-8-2-9-24-52)45-58(48-64)53-25-10-3-11-26-53/h1-4,6-14,17-32,34-50,65,69H,5,15-16,33H2. The molecule has 0 spiro atoms. The normalized spacial score (nSPS) is 17.7. The van der Waals surface area contributed by atoms with Crippen molar-refractivity contribution in [1.82, 2.24) is 4.57 Å². The Labute approximate surface area is 440 Å². The number of hydrogen-bond acceptors (Lipinski definition) is 1. The minimum Gasteiger partial charge on any atom is -0.310 e. The number of hydrogen-bond donors (Lipinski definition) is 0. The van der Waals surface area contributed by atoms with Gasteiger partial charge in [0.2, 0.25) is 0 Å². The topological polar surface area (TPSA) is 8.17 Å². The van der Waals surface area contributed by atoms with Gasteiger partial charge in [-0.2, -0.15) is 0 Å². The number of aromatic nitrogens is 1. The van der Waals surface area contributed by atoms with Crippen LogP contribution in [0.25, 0.3) is 72.0 Å². The van der Waals surface area contributed by atoms with Gasteiger partial charge in [0.25, 0.3) is 0 Å². The molecule has 3 unspecified atom stereocenters. The Morgan fingerprint density at radius 3 is 1.69 bits per heavy atom. The van der Waals surface area contributed by atoms with Gasteiger partial charge in [0.15, 0.2) is 0 Å². The van der Waals surface area contributed by atoms with Crippen molar-refractivity contribution in [2.24, 2.45) is 5.92 Å². The number of allylic oxidation sites excluding steroid dienone is 6. The van der Waals surface area contributed by atoms with Gasteiger partial charge >= 0.3 is 0 Å². The van der Waals surface area contributed by atoms with Crippen molar-refractivity contribution >= 4 is 38.9 Å². The molecule has 0 saturated heterocycles. The van der Waals surface area contributed by atoms with Crippen molar-refractivity contribution in [3.63, 3.8) is 0 Å². The number of para-hydroxylation sites is 1. The van der Waals surface area contributed by atoms with Crippen molar-refractivity contribution < 1.29 is 0 Å². The lowest BCUT2D eigenvalue weighted by Crippen LogP contribution is -2.36. The molecule has 0 bridgehead atoms. The van der Waals surface area contributed by atoms with Gasteiger partial charge in [-0.1, -0.05) is 206 Å². The van der Waals surface area contributed by atoms with Crippen molar-refractivity contribution in [3.05, 3.63) is 301 Å². The van der Waals surface area contributed by atoms with Gasteiger partial charge in [0.05, 0.1) is 16.4 Å². The molecular weight excluding hydrogens is 905 g/mol. The summed E-state index contributed by atoms with van der Waals surface area (Å²) >= 11 is 0. The summed E-state index contributed by atoms with van der Waals surface area (Å²) in [6.45, 7) is 0. The maximum Gasteiger partial charge on any atom is 0.0541 e. The lowest BCUT2D eigenvalue weighted by molar-refractivity contribution is 0.391. The van der Waals surface area contributed by atoms with Gasteiger partial charge in [-0.05, 0) is 171 Å². The zero-order valence-corrected chi connectivity index (χ0v) is 41.9. The number of nitrogens with zero attached hydrogens (tertiary/aromatic N) is 2. The highest BCUT2D eigenvalue weighted by atomic mass is 15.1. The summed E-state index contributed by atoms with van der Waals surface area (Å²) in [4.78, 5) is 2.49. The van der Waals surface area contributed by atoms with E-state index in [-0.39, 0.29) is 5.41 Å². The maximum atomic E-state index is 2.56. The van der Waals surface area contributed by atoms with Gasteiger partial charge in [-0.15, -0.1) is 0 Å². The Morgan fingerprint density at radius 2 is 0.987 bits per heavy atom. The summed E-state index contributed by atoms with van der Waals surface area (Å²) in [6, 6.07) is 92.4. The van der Waals surface area contributed by atoms with Crippen LogP contribution < -0.4 is 4.90 Å². The van der Waals surface area contributed by atoms with Gasteiger partial charge in [-0.3, -0.25) is 0 Å². The Kier molecular flexibility index (Phi) is 11.2. The van der Waals surface area contributed by atoms with E-state index in [1.165, 1.54) is 88.6 Å². The SMILES string of the molecule is C1=CC(C2(c3ccccc3)c3cc(N(c4ccc(-c5ccccc5)cc4)c4cccc(-c5ccc6c(c5)c5ccccc5n6-c5cc(-c6ccccc6)cc(-c6ccccc6)c5)c4)ccc3C3CCC=CC32)=CCC1. The van der Waals surface area contributed by atoms with E-state index in [1.807, 2.05) is 0 Å². The first kappa shape index (κ1) is 44.7. The molecule has 2 nitrogen and oxygen atoms in total. The monoisotopic (exact) mass is 960 g/mol. The molecule has 0 saturated carbocycles. The summed E-state index contributed by atoms with van der Waals surface area (Å²) in [7, 11) is 0. The molecule has 10 aromatic carbocycles. The zero-order valence-electron chi connectivity index (χ0n) is 41.9. The summed E-state index contributed by atoms with van der Waals surface area (Å²) in [5, 5.41) is 2.46. The van der Waals surface area contributed by atoms with E-state index in [0.717, 1.165) is 48.4 Å². The van der Waals surface area contributed by atoms with Crippen LogP contribution >= 0.6 is 0 Å². The fraction of sp³-hybridized carbons (Fsp3) is 0.0959. The molecular formula is C73H56N2. The van der Waals surface area contributed by atoms with Gasteiger partial charge < -0.3 is 9.47 Å². The van der Waals surface area contributed by atoms with Crippen LogP contribution in [-0.2, 0) is 5.41 Å². The zero-order chi connectivity index (χ0) is 49.7. The summed E-state index contributed by atoms with van der Waals surface area (Å²) in [6.07, 6.45) is 16.8. The maximum absolute atomic E-state index is 2.56. The number of fused-ring (bicyclic) bond motifs is 6. The van der Waals surface area contributed by atoms with Crippen molar-refractivity contribution in [2.45, 2.75) is 37.0 Å². The third kappa shape index (κ3) is 7.71. The average Bonchev–Trinajstić information content (AvgIpc) is 4.09. The smallest absolute Gasteiger partial charge is 0.0541 e. The largest absolute Gasteiger partial charge is 0.310 e. The lowest BCUT2D eigenvalue weighted by Gasteiger charge is -2.41. The Bertz CT molecular complexity index is 3940. The molecule has 1 heterocycles. The molecule has 1 aromatic heterocycles.